The first-order valence-corrected chi connectivity index (χ1v) is 5.89. The van der Waals surface area contributed by atoms with Crippen LogP contribution >= 0.6 is 23.2 Å². The fraction of sp³-hybridized carbons (Fsp3) is 0.364. The number of aliphatic hydroxyl groups is 1. The van der Waals surface area contributed by atoms with E-state index in [0.29, 0.717) is 16.3 Å². The number of anilines is 1. The van der Waals surface area contributed by atoms with Gasteiger partial charge in [-0.15, -0.1) is 11.6 Å². The maximum atomic E-state index is 11.0. The van der Waals surface area contributed by atoms with Gasteiger partial charge < -0.3 is 15.5 Å². The number of benzene rings is 1. The van der Waals surface area contributed by atoms with Crippen LogP contribution in [-0.4, -0.2) is 34.7 Å². The molecule has 0 heterocycles. The lowest BCUT2D eigenvalue weighted by molar-refractivity contribution is 0.0697. The Hall–Kier alpha value is -0.970. The van der Waals surface area contributed by atoms with Gasteiger partial charge in [0.05, 0.1) is 23.2 Å². The quantitative estimate of drug-likeness (QED) is 0.723. The Morgan fingerprint density at radius 2 is 2.18 bits per heavy atom. The number of nitrogens with one attached hydrogen (secondary N) is 1. The molecule has 0 radical (unpaired) electrons. The predicted octanol–water partition coefficient (Wildman–Crippen LogP) is 2.36. The monoisotopic (exact) mass is 277 g/mol. The van der Waals surface area contributed by atoms with E-state index in [1.54, 1.807) is 6.92 Å². The third-order valence-corrected chi connectivity index (χ3v) is 3.09. The average molecular weight is 278 g/mol. The highest BCUT2D eigenvalue weighted by Crippen LogP contribution is 2.27. The minimum atomic E-state index is -1.05. The molecule has 0 fully saturated rings. The SMILES string of the molecule is Cc1c(Cl)ccc(C(=O)O)c1NCC(O)CCl. The number of rotatable bonds is 5. The fourth-order valence-corrected chi connectivity index (χ4v) is 1.63. The van der Waals surface area contributed by atoms with E-state index in [1.165, 1.54) is 12.1 Å². The van der Waals surface area contributed by atoms with Gasteiger partial charge in [0.2, 0.25) is 0 Å². The molecular formula is C11H13Cl2NO3. The summed E-state index contributed by atoms with van der Waals surface area (Å²) in [5, 5.41) is 21.7. The number of carboxylic acids is 1. The van der Waals surface area contributed by atoms with Crippen LogP contribution in [0.3, 0.4) is 0 Å². The van der Waals surface area contributed by atoms with E-state index >= 15 is 0 Å². The van der Waals surface area contributed by atoms with Crippen LogP contribution in [0.5, 0.6) is 0 Å². The number of carbonyl (C=O) groups is 1. The van der Waals surface area contributed by atoms with Gasteiger partial charge in [-0.25, -0.2) is 4.79 Å². The minimum Gasteiger partial charge on any atom is -0.478 e. The van der Waals surface area contributed by atoms with Crippen molar-refractivity contribution in [3.63, 3.8) is 0 Å². The van der Waals surface area contributed by atoms with Crippen LogP contribution < -0.4 is 5.32 Å². The Morgan fingerprint density at radius 3 is 2.71 bits per heavy atom. The Kier molecular flexibility index (Phi) is 5.05. The van der Waals surface area contributed by atoms with Gasteiger partial charge in [-0.1, -0.05) is 11.6 Å². The second-order valence-corrected chi connectivity index (χ2v) is 4.30. The third kappa shape index (κ3) is 3.49. The Labute approximate surface area is 109 Å². The zero-order valence-corrected chi connectivity index (χ0v) is 10.7. The second kappa shape index (κ2) is 6.10. The summed E-state index contributed by atoms with van der Waals surface area (Å²) in [4.78, 5) is 11.0. The molecule has 0 saturated heterocycles. The van der Waals surface area contributed by atoms with Crippen molar-refractivity contribution in [2.45, 2.75) is 13.0 Å². The van der Waals surface area contributed by atoms with Crippen molar-refractivity contribution in [2.24, 2.45) is 0 Å². The molecule has 1 atom stereocenters. The van der Waals surface area contributed by atoms with Crippen LogP contribution in [0.2, 0.25) is 5.02 Å². The van der Waals surface area contributed by atoms with Gasteiger partial charge in [0.15, 0.2) is 0 Å². The summed E-state index contributed by atoms with van der Waals surface area (Å²) in [6, 6.07) is 2.95. The number of alkyl halides is 1. The Balaban J connectivity index is 3.02. The summed E-state index contributed by atoms with van der Waals surface area (Å²) in [5.74, 6) is -0.970. The van der Waals surface area contributed by atoms with Crippen molar-refractivity contribution in [3.8, 4) is 0 Å². The van der Waals surface area contributed by atoms with Crippen molar-refractivity contribution in [3.05, 3.63) is 28.3 Å². The van der Waals surface area contributed by atoms with E-state index < -0.39 is 12.1 Å². The van der Waals surface area contributed by atoms with E-state index in [9.17, 15) is 9.90 Å². The van der Waals surface area contributed by atoms with E-state index in [2.05, 4.69) is 5.32 Å². The molecule has 0 saturated carbocycles. The van der Waals surface area contributed by atoms with Crippen molar-refractivity contribution in [1.29, 1.82) is 0 Å². The number of aliphatic hydroxyl groups excluding tert-OH is 1. The van der Waals surface area contributed by atoms with Gasteiger partial charge in [-0.05, 0) is 24.6 Å². The van der Waals surface area contributed by atoms with Gasteiger partial charge in [-0.2, -0.15) is 0 Å². The van der Waals surface area contributed by atoms with Crippen LogP contribution in [0, 0.1) is 6.92 Å². The molecule has 0 aliphatic heterocycles. The molecule has 0 aliphatic carbocycles. The van der Waals surface area contributed by atoms with Gasteiger partial charge >= 0.3 is 5.97 Å². The number of aromatic carboxylic acids is 1. The van der Waals surface area contributed by atoms with Crippen molar-refractivity contribution in [2.75, 3.05) is 17.7 Å². The summed E-state index contributed by atoms with van der Waals surface area (Å²) in [6.07, 6.45) is -0.739. The highest BCUT2D eigenvalue weighted by molar-refractivity contribution is 6.32. The molecule has 0 aromatic heterocycles. The molecule has 0 amide bonds. The molecule has 1 aromatic carbocycles. The maximum Gasteiger partial charge on any atom is 0.337 e. The molecule has 0 bridgehead atoms. The molecule has 0 spiro atoms. The summed E-state index contributed by atoms with van der Waals surface area (Å²) >= 11 is 11.4. The zero-order valence-electron chi connectivity index (χ0n) is 9.20. The predicted molar refractivity (Wildman–Crippen MR) is 68.4 cm³/mol. The van der Waals surface area contributed by atoms with Gasteiger partial charge in [0, 0.05) is 11.6 Å². The lowest BCUT2D eigenvalue weighted by atomic mass is 10.1. The number of hydrogen-bond acceptors (Lipinski definition) is 3. The van der Waals surface area contributed by atoms with Crippen LogP contribution in [0.25, 0.3) is 0 Å². The first-order valence-electron chi connectivity index (χ1n) is 4.97. The van der Waals surface area contributed by atoms with E-state index in [4.69, 9.17) is 28.3 Å². The zero-order chi connectivity index (χ0) is 13.0. The summed E-state index contributed by atoms with van der Waals surface area (Å²) in [7, 11) is 0. The summed E-state index contributed by atoms with van der Waals surface area (Å²) < 4.78 is 0. The first kappa shape index (κ1) is 14.1. The van der Waals surface area contributed by atoms with Crippen LogP contribution in [0.15, 0.2) is 12.1 Å². The largest absolute Gasteiger partial charge is 0.478 e. The highest BCUT2D eigenvalue weighted by atomic mass is 35.5. The van der Waals surface area contributed by atoms with Crippen molar-refractivity contribution >= 4 is 34.9 Å². The molecule has 4 nitrogen and oxygen atoms in total. The molecular weight excluding hydrogens is 265 g/mol. The lowest BCUT2D eigenvalue weighted by Crippen LogP contribution is -2.22. The average Bonchev–Trinajstić information content (AvgIpc) is 2.30. The molecule has 17 heavy (non-hydrogen) atoms. The highest BCUT2D eigenvalue weighted by Gasteiger charge is 2.15. The van der Waals surface area contributed by atoms with E-state index in [1.807, 2.05) is 0 Å². The molecule has 1 rings (SSSR count). The lowest BCUT2D eigenvalue weighted by Gasteiger charge is -2.15. The van der Waals surface area contributed by atoms with Crippen LogP contribution in [0.4, 0.5) is 5.69 Å². The topological polar surface area (TPSA) is 69.6 Å². The standard InChI is InChI=1S/C11H13Cl2NO3/c1-6-9(13)3-2-8(11(16)17)10(6)14-5-7(15)4-12/h2-3,7,14-15H,4-5H2,1H3,(H,16,17). The van der Waals surface area contributed by atoms with Gasteiger partial charge in [0.1, 0.15) is 0 Å². The van der Waals surface area contributed by atoms with Gasteiger partial charge in [-0.3, -0.25) is 0 Å². The van der Waals surface area contributed by atoms with Crippen molar-refractivity contribution in [1.82, 2.24) is 0 Å². The third-order valence-electron chi connectivity index (χ3n) is 2.32. The van der Waals surface area contributed by atoms with Crippen LogP contribution in [0.1, 0.15) is 15.9 Å². The summed E-state index contributed by atoms with van der Waals surface area (Å²) in [6.45, 7) is 1.88. The molecule has 6 heteroatoms. The second-order valence-electron chi connectivity index (χ2n) is 3.59. The Bertz CT molecular complexity index is 423. The maximum absolute atomic E-state index is 11.0. The summed E-state index contributed by atoms with van der Waals surface area (Å²) in [5.41, 5.74) is 1.16. The number of carboxylic acid groups (broad SMARTS) is 1. The first-order chi connectivity index (χ1) is 7.97. The number of halogens is 2. The van der Waals surface area contributed by atoms with Crippen LogP contribution in [-0.2, 0) is 0 Å². The van der Waals surface area contributed by atoms with E-state index in [-0.39, 0.29) is 18.0 Å². The smallest absolute Gasteiger partial charge is 0.337 e. The molecule has 1 unspecified atom stereocenters. The Morgan fingerprint density at radius 1 is 1.53 bits per heavy atom. The molecule has 0 aliphatic rings. The molecule has 1 aromatic rings. The molecule has 3 N–H and O–H groups in total. The van der Waals surface area contributed by atoms with E-state index in [0.717, 1.165) is 0 Å². The van der Waals surface area contributed by atoms with Crippen molar-refractivity contribution < 1.29 is 15.0 Å². The minimum absolute atomic E-state index is 0.0784. The number of hydrogen-bond donors (Lipinski definition) is 3. The van der Waals surface area contributed by atoms with Gasteiger partial charge in [0.25, 0.3) is 0 Å². The molecule has 94 valence electrons. The normalized spacial score (nSPS) is 12.2. The fourth-order valence-electron chi connectivity index (χ4n) is 1.37.